The lowest BCUT2D eigenvalue weighted by Crippen LogP contribution is -2.06. The van der Waals surface area contributed by atoms with Crippen LogP contribution in [-0.2, 0) is 0 Å². The zero-order chi connectivity index (χ0) is 14.5. The highest BCUT2D eigenvalue weighted by molar-refractivity contribution is 5.59. The van der Waals surface area contributed by atoms with Gasteiger partial charge in [-0.1, -0.05) is 13.0 Å². The number of benzene rings is 1. The summed E-state index contributed by atoms with van der Waals surface area (Å²) in [6.07, 6.45) is 1.05. The van der Waals surface area contributed by atoms with Crippen LogP contribution < -0.4 is 10.6 Å². The molecule has 4 nitrogen and oxygen atoms in total. The summed E-state index contributed by atoms with van der Waals surface area (Å²) in [7, 11) is 0. The maximum Gasteiger partial charge on any atom is 0.224 e. The summed E-state index contributed by atoms with van der Waals surface area (Å²) in [5.74, 6) is 1.50. The average molecular weight is 270 g/mol. The second-order valence-corrected chi connectivity index (χ2v) is 5.15. The van der Waals surface area contributed by atoms with Crippen molar-refractivity contribution < 1.29 is 0 Å². The number of anilines is 3. The summed E-state index contributed by atoms with van der Waals surface area (Å²) in [6.45, 7) is 9.17. The Balaban J connectivity index is 2.21. The van der Waals surface area contributed by atoms with Gasteiger partial charge in [0.05, 0.1) is 0 Å². The first-order chi connectivity index (χ1) is 9.56. The largest absolute Gasteiger partial charge is 0.354 e. The first-order valence-electron chi connectivity index (χ1n) is 7.01. The Morgan fingerprint density at radius 3 is 2.30 bits per heavy atom. The lowest BCUT2D eigenvalue weighted by Gasteiger charge is -2.10. The number of nitrogens with zero attached hydrogens (tertiary/aromatic N) is 2. The summed E-state index contributed by atoms with van der Waals surface area (Å²) in [5, 5.41) is 6.57. The summed E-state index contributed by atoms with van der Waals surface area (Å²) < 4.78 is 0. The Kier molecular flexibility index (Phi) is 4.56. The van der Waals surface area contributed by atoms with Crippen LogP contribution in [0.1, 0.15) is 30.2 Å². The molecule has 0 atom stereocenters. The van der Waals surface area contributed by atoms with Gasteiger partial charge in [0, 0.05) is 24.0 Å². The van der Waals surface area contributed by atoms with Crippen molar-refractivity contribution in [3.63, 3.8) is 0 Å². The van der Waals surface area contributed by atoms with Crippen molar-refractivity contribution in [2.45, 2.75) is 34.1 Å². The summed E-state index contributed by atoms with van der Waals surface area (Å²) in [6, 6.07) is 8.34. The molecule has 0 unspecified atom stereocenters. The first kappa shape index (κ1) is 14.3. The van der Waals surface area contributed by atoms with E-state index in [-0.39, 0.29) is 0 Å². The quantitative estimate of drug-likeness (QED) is 0.863. The first-order valence-corrected chi connectivity index (χ1v) is 7.01. The van der Waals surface area contributed by atoms with E-state index in [1.54, 1.807) is 0 Å². The van der Waals surface area contributed by atoms with Crippen molar-refractivity contribution in [1.82, 2.24) is 9.97 Å². The lowest BCUT2D eigenvalue weighted by atomic mass is 10.1. The van der Waals surface area contributed by atoms with Crippen LogP contribution in [0.3, 0.4) is 0 Å². The van der Waals surface area contributed by atoms with Crippen LogP contribution in [-0.4, -0.2) is 16.5 Å². The smallest absolute Gasteiger partial charge is 0.224 e. The van der Waals surface area contributed by atoms with Crippen LogP contribution in [0.25, 0.3) is 0 Å². The van der Waals surface area contributed by atoms with Gasteiger partial charge in [0.15, 0.2) is 0 Å². The standard InChI is InChI=1S/C16H22N4/c1-5-6-17-16-18-13(4)10-15(20-16)19-14-8-11(2)7-12(3)9-14/h7-10H,5-6H2,1-4H3,(H2,17,18,19,20). The molecule has 4 heteroatoms. The molecule has 0 radical (unpaired) electrons. The van der Waals surface area contributed by atoms with E-state index in [1.807, 2.05) is 13.0 Å². The van der Waals surface area contributed by atoms with E-state index in [0.717, 1.165) is 30.2 Å². The number of hydrogen-bond donors (Lipinski definition) is 2. The molecule has 2 aromatic rings. The van der Waals surface area contributed by atoms with Gasteiger partial charge < -0.3 is 10.6 Å². The molecule has 2 rings (SSSR count). The molecule has 0 fully saturated rings. The zero-order valence-electron chi connectivity index (χ0n) is 12.6. The predicted octanol–water partition coefficient (Wildman–Crippen LogP) is 3.97. The Bertz CT molecular complexity index is 573. The van der Waals surface area contributed by atoms with Crippen LogP contribution in [0, 0.1) is 20.8 Å². The SMILES string of the molecule is CCCNc1nc(C)cc(Nc2cc(C)cc(C)c2)n1. The normalized spacial score (nSPS) is 10.4. The number of rotatable bonds is 5. The van der Waals surface area contributed by atoms with Crippen molar-refractivity contribution >= 4 is 17.5 Å². The highest BCUT2D eigenvalue weighted by Gasteiger charge is 2.03. The van der Waals surface area contributed by atoms with E-state index in [2.05, 4.69) is 59.6 Å². The van der Waals surface area contributed by atoms with Gasteiger partial charge in [0.25, 0.3) is 0 Å². The molecule has 0 saturated heterocycles. The molecule has 20 heavy (non-hydrogen) atoms. The molecule has 0 saturated carbocycles. The van der Waals surface area contributed by atoms with Gasteiger partial charge in [0.1, 0.15) is 5.82 Å². The second kappa shape index (κ2) is 6.37. The average Bonchev–Trinajstić information content (AvgIpc) is 2.34. The second-order valence-electron chi connectivity index (χ2n) is 5.15. The maximum atomic E-state index is 4.49. The summed E-state index contributed by atoms with van der Waals surface area (Å²) in [4.78, 5) is 8.88. The Labute approximate surface area is 120 Å². The molecule has 1 heterocycles. The van der Waals surface area contributed by atoms with E-state index < -0.39 is 0 Å². The zero-order valence-corrected chi connectivity index (χ0v) is 12.6. The van der Waals surface area contributed by atoms with Crippen LogP contribution in [0.4, 0.5) is 17.5 Å². The molecule has 2 N–H and O–H groups in total. The topological polar surface area (TPSA) is 49.8 Å². The fraction of sp³-hybridized carbons (Fsp3) is 0.375. The summed E-state index contributed by atoms with van der Waals surface area (Å²) >= 11 is 0. The monoisotopic (exact) mass is 270 g/mol. The van der Waals surface area contributed by atoms with Crippen LogP contribution >= 0.6 is 0 Å². The van der Waals surface area contributed by atoms with Gasteiger partial charge >= 0.3 is 0 Å². The maximum absolute atomic E-state index is 4.49. The minimum Gasteiger partial charge on any atom is -0.354 e. The van der Waals surface area contributed by atoms with Gasteiger partial charge in [-0.25, -0.2) is 4.98 Å². The molecule has 0 aliphatic rings. The minimum absolute atomic E-state index is 0.679. The highest BCUT2D eigenvalue weighted by Crippen LogP contribution is 2.19. The van der Waals surface area contributed by atoms with Crippen molar-refractivity contribution in [1.29, 1.82) is 0 Å². The van der Waals surface area contributed by atoms with Gasteiger partial charge in [-0.05, 0) is 50.5 Å². The van der Waals surface area contributed by atoms with Gasteiger partial charge in [-0.3, -0.25) is 0 Å². The number of nitrogens with one attached hydrogen (secondary N) is 2. The minimum atomic E-state index is 0.679. The molecule has 0 amide bonds. The Hall–Kier alpha value is -2.10. The molecule has 106 valence electrons. The number of hydrogen-bond acceptors (Lipinski definition) is 4. The fourth-order valence-corrected chi connectivity index (χ4v) is 2.14. The third-order valence-corrected chi connectivity index (χ3v) is 2.88. The Morgan fingerprint density at radius 1 is 0.950 bits per heavy atom. The van der Waals surface area contributed by atoms with Crippen molar-refractivity contribution in [3.8, 4) is 0 Å². The van der Waals surface area contributed by atoms with Crippen LogP contribution in [0.2, 0.25) is 0 Å². The Morgan fingerprint density at radius 2 is 1.65 bits per heavy atom. The lowest BCUT2D eigenvalue weighted by molar-refractivity contribution is 0.947. The molecular formula is C16H22N4. The van der Waals surface area contributed by atoms with Crippen LogP contribution in [0.15, 0.2) is 24.3 Å². The van der Waals surface area contributed by atoms with Gasteiger partial charge in [0.2, 0.25) is 5.95 Å². The number of aromatic nitrogens is 2. The third kappa shape index (κ3) is 3.95. The predicted molar refractivity (Wildman–Crippen MR) is 84.7 cm³/mol. The molecule has 0 bridgehead atoms. The van der Waals surface area contributed by atoms with Crippen molar-refractivity contribution in [2.75, 3.05) is 17.2 Å². The molecule has 1 aromatic heterocycles. The van der Waals surface area contributed by atoms with Gasteiger partial charge in [-0.2, -0.15) is 4.98 Å². The molecule has 1 aromatic carbocycles. The molecule has 0 aliphatic carbocycles. The van der Waals surface area contributed by atoms with E-state index >= 15 is 0 Å². The van der Waals surface area contributed by atoms with Crippen molar-refractivity contribution in [3.05, 3.63) is 41.1 Å². The third-order valence-electron chi connectivity index (χ3n) is 2.88. The fourth-order valence-electron chi connectivity index (χ4n) is 2.14. The van der Waals surface area contributed by atoms with E-state index in [1.165, 1.54) is 11.1 Å². The highest BCUT2D eigenvalue weighted by atomic mass is 15.1. The van der Waals surface area contributed by atoms with Crippen LogP contribution in [0.5, 0.6) is 0 Å². The van der Waals surface area contributed by atoms with E-state index in [9.17, 15) is 0 Å². The number of aryl methyl sites for hydroxylation is 3. The van der Waals surface area contributed by atoms with Gasteiger partial charge in [-0.15, -0.1) is 0 Å². The van der Waals surface area contributed by atoms with E-state index in [4.69, 9.17) is 0 Å². The molecular weight excluding hydrogens is 248 g/mol. The van der Waals surface area contributed by atoms with E-state index in [0.29, 0.717) is 5.95 Å². The molecule has 0 spiro atoms. The molecule has 0 aliphatic heterocycles. The van der Waals surface area contributed by atoms with Crippen molar-refractivity contribution in [2.24, 2.45) is 0 Å². The summed E-state index contributed by atoms with van der Waals surface area (Å²) in [5.41, 5.74) is 4.48.